The van der Waals surface area contributed by atoms with Crippen LogP contribution in [-0.4, -0.2) is 11.0 Å². The molecule has 1 aliphatic carbocycles. The van der Waals surface area contributed by atoms with Crippen LogP contribution in [0.15, 0.2) is 48.7 Å². The first-order chi connectivity index (χ1) is 10.7. The van der Waals surface area contributed by atoms with E-state index in [4.69, 9.17) is 5.26 Å². The van der Waals surface area contributed by atoms with E-state index >= 15 is 0 Å². The molecule has 0 bridgehead atoms. The Balaban J connectivity index is 1.72. The predicted octanol–water partition coefficient (Wildman–Crippen LogP) is 4.34. The van der Waals surface area contributed by atoms with Crippen molar-refractivity contribution >= 4 is 5.69 Å². The quantitative estimate of drug-likeness (QED) is 0.915. The van der Waals surface area contributed by atoms with E-state index < -0.39 is 0 Å². The van der Waals surface area contributed by atoms with Crippen molar-refractivity contribution in [1.29, 1.82) is 5.26 Å². The third-order valence-electron chi connectivity index (χ3n) is 4.46. The first-order valence-corrected chi connectivity index (χ1v) is 7.92. The molecule has 3 heteroatoms. The second-order valence-corrected chi connectivity index (χ2v) is 6.30. The summed E-state index contributed by atoms with van der Waals surface area (Å²) in [5.74, 6) is 1.31. The summed E-state index contributed by atoms with van der Waals surface area (Å²) in [6.45, 7) is 2.33. The highest BCUT2D eigenvalue weighted by Crippen LogP contribution is 2.37. The molecule has 0 amide bonds. The zero-order valence-corrected chi connectivity index (χ0v) is 12.9. The van der Waals surface area contributed by atoms with Crippen molar-refractivity contribution in [1.82, 2.24) is 4.98 Å². The molecule has 1 N–H and O–H groups in total. The molecule has 0 spiro atoms. The second kappa shape index (κ2) is 6.62. The first kappa shape index (κ1) is 14.6. The number of nitriles is 1. The summed E-state index contributed by atoms with van der Waals surface area (Å²) in [5, 5.41) is 12.6. The van der Waals surface area contributed by atoms with E-state index in [1.165, 1.54) is 18.4 Å². The molecule has 3 atom stereocenters. The Labute approximate surface area is 132 Å². The summed E-state index contributed by atoms with van der Waals surface area (Å²) in [7, 11) is 0. The molecule has 1 aliphatic rings. The molecule has 1 aromatic carbocycles. The minimum Gasteiger partial charge on any atom is -0.382 e. The zero-order valence-electron chi connectivity index (χ0n) is 12.9. The minimum absolute atomic E-state index is 0.447. The van der Waals surface area contributed by atoms with E-state index in [1.807, 2.05) is 12.1 Å². The lowest BCUT2D eigenvalue weighted by molar-refractivity contribution is 0.321. The molecular formula is C19H21N3. The van der Waals surface area contributed by atoms with Gasteiger partial charge in [-0.2, -0.15) is 5.26 Å². The molecule has 0 aliphatic heterocycles. The number of anilines is 1. The monoisotopic (exact) mass is 291 g/mol. The van der Waals surface area contributed by atoms with Gasteiger partial charge in [0.2, 0.25) is 0 Å². The summed E-state index contributed by atoms with van der Waals surface area (Å²) in [4.78, 5) is 4.03. The van der Waals surface area contributed by atoms with Crippen molar-refractivity contribution in [3.8, 4) is 6.07 Å². The van der Waals surface area contributed by atoms with Crippen molar-refractivity contribution < 1.29 is 0 Å². The Morgan fingerprint density at radius 1 is 1.14 bits per heavy atom. The van der Waals surface area contributed by atoms with Gasteiger partial charge in [-0.25, -0.2) is 4.98 Å². The Hall–Kier alpha value is -2.34. The van der Waals surface area contributed by atoms with Crippen molar-refractivity contribution in [3.63, 3.8) is 0 Å². The molecule has 1 saturated carbocycles. The van der Waals surface area contributed by atoms with Gasteiger partial charge in [0.15, 0.2) is 0 Å². The SMILES string of the molecule is CC1CC(Nc2ccnc(C#N)c2)CC(c2ccccc2)C1. The fourth-order valence-electron chi connectivity index (χ4n) is 3.54. The molecule has 3 unspecified atom stereocenters. The van der Waals surface area contributed by atoms with E-state index in [0.29, 0.717) is 23.6 Å². The molecule has 3 nitrogen and oxygen atoms in total. The standard InChI is InChI=1S/C19H21N3/c1-14-9-16(15-5-3-2-4-6-15)11-18(10-14)22-17-7-8-21-19(12-17)13-20/h2-8,12,14,16,18H,9-11H2,1H3,(H,21,22). The van der Waals surface area contributed by atoms with Gasteiger partial charge in [-0.3, -0.25) is 0 Å². The van der Waals surface area contributed by atoms with Crippen LogP contribution in [0.2, 0.25) is 0 Å². The lowest BCUT2D eigenvalue weighted by Gasteiger charge is -2.34. The average molecular weight is 291 g/mol. The van der Waals surface area contributed by atoms with Crippen molar-refractivity contribution in [2.75, 3.05) is 5.32 Å². The number of benzene rings is 1. The number of aromatic nitrogens is 1. The van der Waals surface area contributed by atoms with Crippen LogP contribution in [0.5, 0.6) is 0 Å². The zero-order chi connectivity index (χ0) is 15.4. The maximum absolute atomic E-state index is 8.96. The lowest BCUT2D eigenvalue weighted by Crippen LogP contribution is -2.30. The van der Waals surface area contributed by atoms with Crippen LogP contribution < -0.4 is 5.32 Å². The normalized spacial score (nSPS) is 24.5. The van der Waals surface area contributed by atoms with E-state index in [2.05, 4.69) is 53.6 Å². The van der Waals surface area contributed by atoms with E-state index in [1.54, 1.807) is 6.20 Å². The smallest absolute Gasteiger partial charge is 0.142 e. The van der Waals surface area contributed by atoms with Crippen molar-refractivity contribution in [2.24, 2.45) is 5.92 Å². The fraction of sp³-hybridized carbons (Fsp3) is 0.368. The summed E-state index contributed by atoms with van der Waals surface area (Å²) in [6.07, 6.45) is 5.26. The molecule has 0 radical (unpaired) electrons. The lowest BCUT2D eigenvalue weighted by atomic mass is 9.76. The van der Waals surface area contributed by atoms with Gasteiger partial charge in [0.25, 0.3) is 0 Å². The van der Waals surface area contributed by atoms with Gasteiger partial charge in [0.1, 0.15) is 11.8 Å². The topological polar surface area (TPSA) is 48.7 Å². The second-order valence-electron chi connectivity index (χ2n) is 6.30. The molecule has 1 fully saturated rings. The Morgan fingerprint density at radius 3 is 2.73 bits per heavy atom. The third-order valence-corrected chi connectivity index (χ3v) is 4.46. The van der Waals surface area contributed by atoms with Crippen LogP contribution in [0, 0.1) is 17.2 Å². The molecule has 1 heterocycles. The van der Waals surface area contributed by atoms with Crippen molar-refractivity contribution in [2.45, 2.75) is 38.1 Å². The highest BCUT2D eigenvalue weighted by Gasteiger charge is 2.27. The van der Waals surface area contributed by atoms with Crippen LogP contribution in [0.4, 0.5) is 5.69 Å². The van der Waals surface area contributed by atoms with Gasteiger partial charge in [0, 0.05) is 17.9 Å². The van der Waals surface area contributed by atoms with Crippen LogP contribution in [0.25, 0.3) is 0 Å². The number of hydrogen-bond acceptors (Lipinski definition) is 3. The predicted molar refractivity (Wildman–Crippen MR) is 88.6 cm³/mol. The van der Waals surface area contributed by atoms with E-state index in [9.17, 15) is 0 Å². The molecular weight excluding hydrogens is 270 g/mol. The Bertz CT molecular complexity index is 660. The van der Waals surface area contributed by atoms with Crippen molar-refractivity contribution in [3.05, 3.63) is 59.9 Å². The minimum atomic E-state index is 0.447. The summed E-state index contributed by atoms with van der Waals surface area (Å²) >= 11 is 0. The fourth-order valence-corrected chi connectivity index (χ4v) is 3.54. The highest BCUT2D eigenvalue weighted by molar-refractivity contribution is 5.46. The first-order valence-electron chi connectivity index (χ1n) is 7.92. The molecule has 3 rings (SSSR count). The highest BCUT2D eigenvalue weighted by atomic mass is 14.9. The van der Waals surface area contributed by atoms with Gasteiger partial charge in [-0.05, 0) is 48.8 Å². The molecule has 1 aromatic heterocycles. The summed E-state index contributed by atoms with van der Waals surface area (Å²) < 4.78 is 0. The number of nitrogens with zero attached hydrogens (tertiary/aromatic N) is 2. The Morgan fingerprint density at radius 2 is 1.95 bits per heavy atom. The number of hydrogen-bond donors (Lipinski definition) is 1. The van der Waals surface area contributed by atoms with Crippen LogP contribution in [0.3, 0.4) is 0 Å². The molecule has 22 heavy (non-hydrogen) atoms. The summed E-state index contributed by atoms with van der Waals surface area (Å²) in [5.41, 5.74) is 2.90. The number of pyridine rings is 1. The van der Waals surface area contributed by atoms with E-state index in [0.717, 1.165) is 12.1 Å². The van der Waals surface area contributed by atoms with Gasteiger partial charge < -0.3 is 5.32 Å². The third kappa shape index (κ3) is 3.46. The van der Waals surface area contributed by atoms with E-state index in [-0.39, 0.29) is 0 Å². The van der Waals surface area contributed by atoms with Crippen LogP contribution in [-0.2, 0) is 0 Å². The van der Waals surface area contributed by atoms with Crippen LogP contribution >= 0.6 is 0 Å². The maximum atomic E-state index is 8.96. The average Bonchev–Trinajstić information content (AvgIpc) is 2.55. The van der Waals surface area contributed by atoms with Crippen LogP contribution in [0.1, 0.15) is 43.4 Å². The largest absolute Gasteiger partial charge is 0.382 e. The van der Waals surface area contributed by atoms with Gasteiger partial charge in [-0.1, -0.05) is 37.3 Å². The number of rotatable bonds is 3. The molecule has 112 valence electrons. The van der Waals surface area contributed by atoms with Gasteiger partial charge in [0.05, 0.1) is 0 Å². The van der Waals surface area contributed by atoms with Gasteiger partial charge in [-0.15, -0.1) is 0 Å². The van der Waals surface area contributed by atoms with Gasteiger partial charge >= 0.3 is 0 Å². The summed E-state index contributed by atoms with van der Waals surface area (Å²) in [6, 6.07) is 17.1. The maximum Gasteiger partial charge on any atom is 0.142 e. The Kier molecular flexibility index (Phi) is 4.39. The number of nitrogens with one attached hydrogen (secondary N) is 1. The molecule has 0 saturated heterocycles. The molecule has 2 aromatic rings.